The molecule has 26 heavy (non-hydrogen) atoms. The van der Waals surface area contributed by atoms with Crippen molar-refractivity contribution in [3.05, 3.63) is 35.9 Å². The van der Waals surface area contributed by atoms with E-state index in [4.69, 9.17) is 4.84 Å². The van der Waals surface area contributed by atoms with E-state index in [2.05, 4.69) is 67.7 Å². The Morgan fingerprint density at radius 1 is 1.19 bits per heavy atom. The van der Waals surface area contributed by atoms with Crippen molar-refractivity contribution in [1.29, 1.82) is 0 Å². The number of amides is 2. The van der Waals surface area contributed by atoms with Crippen LogP contribution in [0.4, 0.5) is 4.79 Å². The molecule has 2 amide bonds. The molecule has 0 aliphatic carbocycles. The Kier molecular flexibility index (Phi) is 7.07. The molecule has 0 radical (unpaired) electrons. The molecule has 1 aromatic carbocycles. The normalized spacial score (nSPS) is 22.0. The first kappa shape index (κ1) is 20.7. The Labute approximate surface area is 158 Å². The van der Waals surface area contributed by atoms with Gasteiger partial charge in [-0.2, -0.15) is 5.06 Å². The van der Waals surface area contributed by atoms with E-state index in [-0.39, 0.29) is 23.2 Å². The summed E-state index contributed by atoms with van der Waals surface area (Å²) in [6.07, 6.45) is 4.65. The minimum atomic E-state index is -0.146. The molecule has 1 heterocycles. The van der Waals surface area contributed by atoms with Crippen molar-refractivity contribution < 1.29 is 9.63 Å². The number of hydroxylamine groups is 2. The number of piperidine rings is 1. The van der Waals surface area contributed by atoms with Gasteiger partial charge in [-0.25, -0.2) is 4.79 Å². The van der Waals surface area contributed by atoms with Gasteiger partial charge < -0.3 is 10.6 Å². The molecule has 1 aliphatic heterocycles. The summed E-state index contributed by atoms with van der Waals surface area (Å²) < 4.78 is 0. The van der Waals surface area contributed by atoms with E-state index in [1.54, 1.807) is 7.05 Å². The van der Waals surface area contributed by atoms with Crippen LogP contribution in [0.25, 0.3) is 0 Å². The maximum Gasteiger partial charge on any atom is 0.314 e. The van der Waals surface area contributed by atoms with E-state index in [1.807, 2.05) is 6.07 Å². The first-order chi connectivity index (χ1) is 12.4. The molecule has 2 N–H and O–H groups in total. The topological polar surface area (TPSA) is 53.6 Å². The molecule has 1 unspecified atom stereocenters. The van der Waals surface area contributed by atoms with Gasteiger partial charge in [0, 0.05) is 24.2 Å². The predicted molar refractivity (Wildman–Crippen MR) is 106 cm³/mol. The number of nitrogens with zero attached hydrogens (tertiary/aromatic N) is 1. The van der Waals surface area contributed by atoms with Gasteiger partial charge >= 0.3 is 6.03 Å². The zero-order valence-electron chi connectivity index (χ0n) is 17.0. The van der Waals surface area contributed by atoms with Crippen LogP contribution < -0.4 is 10.6 Å². The molecule has 1 fully saturated rings. The molecule has 0 bridgehead atoms. The third-order valence-corrected chi connectivity index (χ3v) is 5.69. The molecule has 146 valence electrons. The Morgan fingerprint density at radius 3 is 2.42 bits per heavy atom. The molecule has 5 nitrogen and oxygen atoms in total. The molecule has 0 aromatic heterocycles. The molecule has 2 rings (SSSR count). The second-order valence-electron chi connectivity index (χ2n) is 7.94. The van der Waals surface area contributed by atoms with Crippen LogP contribution in [0.5, 0.6) is 0 Å². The molecule has 1 aliphatic rings. The third-order valence-electron chi connectivity index (χ3n) is 5.69. The fourth-order valence-electron chi connectivity index (χ4n) is 4.34. The Morgan fingerprint density at radius 2 is 1.85 bits per heavy atom. The van der Waals surface area contributed by atoms with E-state index >= 15 is 0 Å². The Hall–Kier alpha value is -1.59. The highest BCUT2D eigenvalue weighted by molar-refractivity contribution is 5.73. The Bertz CT molecular complexity index is 570. The number of rotatable bonds is 7. The van der Waals surface area contributed by atoms with Crippen molar-refractivity contribution >= 4 is 6.03 Å². The van der Waals surface area contributed by atoms with Crippen LogP contribution in [0, 0.1) is 0 Å². The van der Waals surface area contributed by atoms with Gasteiger partial charge in [0.1, 0.15) is 0 Å². The average molecular weight is 362 g/mol. The van der Waals surface area contributed by atoms with E-state index in [1.165, 1.54) is 5.56 Å². The zero-order valence-corrected chi connectivity index (χ0v) is 17.0. The lowest BCUT2D eigenvalue weighted by Gasteiger charge is -2.56. The van der Waals surface area contributed by atoms with E-state index in [9.17, 15) is 4.79 Å². The molecule has 0 saturated carbocycles. The molecular formula is C21H35N3O2. The van der Waals surface area contributed by atoms with Gasteiger partial charge in [-0.15, -0.1) is 0 Å². The number of nitrogens with one attached hydrogen (secondary N) is 2. The van der Waals surface area contributed by atoms with Crippen molar-refractivity contribution in [3.8, 4) is 0 Å². The molecule has 0 spiro atoms. The van der Waals surface area contributed by atoms with Gasteiger partial charge in [-0.1, -0.05) is 44.2 Å². The van der Waals surface area contributed by atoms with Crippen LogP contribution in [0.3, 0.4) is 0 Å². The maximum absolute atomic E-state index is 11.8. The number of benzene rings is 1. The minimum absolute atomic E-state index is 0.0654. The first-order valence-corrected chi connectivity index (χ1v) is 9.82. The fourth-order valence-corrected chi connectivity index (χ4v) is 4.34. The number of hydrogen-bond acceptors (Lipinski definition) is 3. The summed E-state index contributed by atoms with van der Waals surface area (Å²) in [6, 6.07) is 10.5. The fraction of sp³-hybridized carbons (Fsp3) is 0.667. The SMILES string of the molecule is CCC1(CC)CC(NC(=O)NC)CC(C)(C)N1OCCc1ccccc1. The second-order valence-corrected chi connectivity index (χ2v) is 7.94. The van der Waals surface area contributed by atoms with Crippen LogP contribution >= 0.6 is 0 Å². The number of hydrogen-bond donors (Lipinski definition) is 2. The predicted octanol–water partition coefficient (Wildman–Crippen LogP) is 3.89. The monoisotopic (exact) mass is 361 g/mol. The van der Waals surface area contributed by atoms with Gasteiger partial charge in [0.05, 0.1) is 6.61 Å². The summed E-state index contributed by atoms with van der Waals surface area (Å²) in [7, 11) is 1.66. The van der Waals surface area contributed by atoms with Gasteiger partial charge in [-0.3, -0.25) is 4.84 Å². The van der Waals surface area contributed by atoms with Crippen molar-refractivity contribution in [2.45, 2.75) is 76.9 Å². The lowest BCUT2D eigenvalue weighted by atomic mass is 9.74. The minimum Gasteiger partial charge on any atom is -0.341 e. The van der Waals surface area contributed by atoms with Gasteiger partial charge in [-0.05, 0) is 51.5 Å². The van der Waals surface area contributed by atoms with Crippen molar-refractivity contribution in [3.63, 3.8) is 0 Å². The summed E-state index contributed by atoms with van der Waals surface area (Å²) in [5, 5.41) is 8.03. The quantitative estimate of drug-likeness (QED) is 0.775. The van der Waals surface area contributed by atoms with Crippen LogP contribution in [-0.2, 0) is 11.3 Å². The molecule has 1 aromatic rings. The van der Waals surface area contributed by atoms with Crippen LogP contribution in [0.15, 0.2) is 30.3 Å². The number of carbonyl (C=O) groups is 1. The second kappa shape index (κ2) is 8.87. The van der Waals surface area contributed by atoms with E-state index in [0.29, 0.717) is 6.61 Å². The highest BCUT2D eigenvalue weighted by atomic mass is 16.7. The standard InChI is InChI=1S/C21H35N3O2/c1-6-21(7-2)16-18(23-19(25)22-5)15-20(3,4)24(21)26-14-13-17-11-9-8-10-12-17/h8-12,18H,6-7,13-16H2,1-5H3,(H2,22,23,25). The van der Waals surface area contributed by atoms with E-state index < -0.39 is 0 Å². The van der Waals surface area contributed by atoms with Gasteiger partial charge in [0.25, 0.3) is 0 Å². The summed E-state index contributed by atoms with van der Waals surface area (Å²) in [5.74, 6) is 0. The van der Waals surface area contributed by atoms with Crippen molar-refractivity contribution in [2.24, 2.45) is 0 Å². The molecule has 1 atom stereocenters. The summed E-state index contributed by atoms with van der Waals surface area (Å²) >= 11 is 0. The average Bonchev–Trinajstić information content (AvgIpc) is 2.63. The smallest absolute Gasteiger partial charge is 0.314 e. The third kappa shape index (κ3) is 4.77. The van der Waals surface area contributed by atoms with Crippen molar-refractivity contribution in [1.82, 2.24) is 15.7 Å². The van der Waals surface area contributed by atoms with Crippen LogP contribution in [-0.4, -0.2) is 41.9 Å². The number of urea groups is 1. The van der Waals surface area contributed by atoms with Gasteiger partial charge in [0.15, 0.2) is 0 Å². The lowest BCUT2D eigenvalue weighted by Crippen LogP contribution is -2.66. The van der Waals surface area contributed by atoms with Crippen molar-refractivity contribution in [2.75, 3.05) is 13.7 Å². The summed E-state index contributed by atoms with van der Waals surface area (Å²) in [6.45, 7) is 9.54. The summed E-state index contributed by atoms with van der Waals surface area (Å²) in [4.78, 5) is 18.2. The lowest BCUT2D eigenvalue weighted by molar-refractivity contribution is -0.293. The van der Waals surface area contributed by atoms with Gasteiger partial charge in [0.2, 0.25) is 0 Å². The number of carbonyl (C=O) groups excluding carboxylic acids is 1. The molecular weight excluding hydrogens is 326 g/mol. The van der Waals surface area contributed by atoms with Crippen LogP contribution in [0.1, 0.15) is 58.9 Å². The molecule has 5 heteroatoms. The van der Waals surface area contributed by atoms with E-state index in [0.717, 1.165) is 32.1 Å². The molecule has 1 saturated heterocycles. The Balaban J connectivity index is 2.10. The highest BCUT2D eigenvalue weighted by Crippen LogP contribution is 2.42. The first-order valence-electron chi connectivity index (χ1n) is 9.82. The largest absolute Gasteiger partial charge is 0.341 e. The highest BCUT2D eigenvalue weighted by Gasteiger charge is 2.50. The zero-order chi connectivity index (χ0) is 19.2. The maximum atomic E-state index is 11.8. The van der Waals surface area contributed by atoms with Crippen LogP contribution in [0.2, 0.25) is 0 Å². The summed E-state index contributed by atoms with van der Waals surface area (Å²) in [5.41, 5.74) is 1.08.